The van der Waals surface area contributed by atoms with Crippen molar-refractivity contribution in [3.8, 4) is 0 Å². The molecule has 20 heavy (non-hydrogen) atoms. The molecule has 5 nitrogen and oxygen atoms in total. The summed E-state index contributed by atoms with van der Waals surface area (Å²) in [6, 6.07) is -0.597. The lowest BCUT2D eigenvalue weighted by Crippen LogP contribution is -2.65. The average Bonchev–Trinajstić information content (AvgIpc) is 3.21. The van der Waals surface area contributed by atoms with Gasteiger partial charge in [0.2, 0.25) is 11.8 Å². The zero-order chi connectivity index (χ0) is 14.7. The highest BCUT2D eigenvalue weighted by Crippen LogP contribution is 2.37. The second kappa shape index (κ2) is 6.57. The number of nitrogens with one attached hydrogen (secondary N) is 1. The number of unbranched alkanes of at least 4 members (excludes halogenated alkanes) is 1. The van der Waals surface area contributed by atoms with Crippen molar-refractivity contribution in [2.75, 3.05) is 20.3 Å². The molecule has 2 aliphatic rings. The topological polar surface area (TPSA) is 58.6 Å². The van der Waals surface area contributed by atoms with Crippen LogP contribution in [0.3, 0.4) is 0 Å². The first-order chi connectivity index (χ1) is 9.56. The lowest BCUT2D eigenvalue weighted by Gasteiger charge is -2.40. The minimum absolute atomic E-state index is 0.0394. The van der Waals surface area contributed by atoms with E-state index in [1.807, 2.05) is 18.7 Å². The number of hydrogen-bond donors (Lipinski definition) is 1. The Kier molecular flexibility index (Phi) is 5.02. The second-order valence-electron chi connectivity index (χ2n) is 6.24. The van der Waals surface area contributed by atoms with E-state index in [1.54, 1.807) is 7.11 Å². The van der Waals surface area contributed by atoms with Gasteiger partial charge < -0.3 is 15.0 Å². The van der Waals surface area contributed by atoms with E-state index in [9.17, 15) is 9.59 Å². The largest absolute Gasteiger partial charge is 0.385 e. The van der Waals surface area contributed by atoms with Gasteiger partial charge in [0.15, 0.2) is 0 Å². The molecule has 114 valence electrons. The van der Waals surface area contributed by atoms with Crippen LogP contribution in [-0.2, 0) is 14.3 Å². The number of amides is 2. The van der Waals surface area contributed by atoms with E-state index in [2.05, 4.69) is 5.32 Å². The Labute approximate surface area is 121 Å². The van der Waals surface area contributed by atoms with Crippen molar-refractivity contribution in [3.05, 3.63) is 0 Å². The maximum atomic E-state index is 12.6. The molecular weight excluding hydrogens is 256 g/mol. The van der Waals surface area contributed by atoms with Crippen LogP contribution in [0, 0.1) is 11.8 Å². The van der Waals surface area contributed by atoms with Gasteiger partial charge in [-0.3, -0.25) is 9.59 Å². The molecule has 0 spiro atoms. The van der Waals surface area contributed by atoms with Crippen LogP contribution in [0.2, 0.25) is 0 Å². The minimum atomic E-state index is -0.361. The summed E-state index contributed by atoms with van der Waals surface area (Å²) in [4.78, 5) is 26.7. The normalized spacial score (nSPS) is 27.1. The molecule has 2 atom stereocenters. The molecule has 1 aliphatic heterocycles. The van der Waals surface area contributed by atoms with Crippen LogP contribution >= 0.6 is 0 Å². The molecule has 0 aromatic carbocycles. The number of piperazine rings is 1. The molecular formula is C15H26N2O3. The molecule has 2 unspecified atom stereocenters. The Morgan fingerprint density at radius 2 is 2.00 bits per heavy atom. The molecule has 0 aromatic rings. The molecule has 0 aromatic heterocycles. The molecule has 5 heteroatoms. The van der Waals surface area contributed by atoms with Crippen LogP contribution in [0.15, 0.2) is 0 Å². The summed E-state index contributed by atoms with van der Waals surface area (Å²) in [5.41, 5.74) is 0. The number of rotatable bonds is 7. The number of hydrogen-bond acceptors (Lipinski definition) is 3. The van der Waals surface area contributed by atoms with E-state index < -0.39 is 0 Å². The van der Waals surface area contributed by atoms with Gasteiger partial charge in [-0.25, -0.2) is 0 Å². The molecule has 1 saturated heterocycles. The van der Waals surface area contributed by atoms with Crippen LogP contribution < -0.4 is 5.32 Å². The van der Waals surface area contributed by atoms with Crippen LogP contribution in [0.25, 0.3) is 0 Å². The summed E-state index contributed by atoms with van der Waals surface area (Å²) in [5.74, 6) is 0.633. The first kappa shape index (κ1) is 15.3. The van der Waals surface area contributed by atoms with Gasteiger partial charge in [0.05, 0.1) is 0 Å². The number of nitrogens with zero attached hydrogens (tertiary/aromatic N) is 1. The van der Waals surface area contributed by atoms with Gasteiger partial charge in [-0.15, -0.1) is 0 Å². The fraction of sp³-hybridized carbons (Fsp3) is 0.867. The van der Waals surface area contributed by atoms with E-state index in [4.69, 9.17) is 4.74 Å². The summed E-state index contributed by atoms with van der Waals surface area (Å²) in [5, 5.41) is 2.91. The zero-order valence-corrected chi connectivity index (χ0v) is 12.7. The van der Waals surface area contributed by atoms with E-state index in [-0.39, 0.29) is 29.8 Å². The Balaban J connectivity index is 2.03. The number of carbonyl (C=O) groups is 2. The third-order valence-corrected chi connectivity index (χ3v) is 4.18. The number of methoxy groups -OCH3 is 1. The molecule has 2 amide bonds. The molecule has 2 fully saturated rings. The molecule has 1 N–H and O–H groups in total. The lowest BCUT2D eigenvalue weighted by molar-refractivity contribution is -0.151. The summed E-state index contributed by atoms with van der Waals surface area (Å²) in [6.45, 7) is 5.32. The monoisotopic (exact) mass is 282 g/mol. The first-order valence-electron chi connectivity index (χ1n) is 7.66. The van der Waals surface area contributed by atoms with Crippen molar-refractivity contribution in [2.24, 2.45) is 11.8 Å². The van der Waals surface area contributed by atoms with Crippen molar-refractivity contribution >= 4 is 11.8 Å². The Bertz CT molecular complexity index is 366. The summed E-state index contributed by atoms with van der Waals surface area (Å²) in [6.07, 6.45) is 3.94. The van der Waals surface area contributed by atoms with Gasteiger partial charge in [0.25, 0.3) is 0 Å². The molecule has 0 bridgehead atoms. The van der Waals surface area contributed by atoms with E-state index in [0.29, 0.717) is 19.1 Å². The standard InChI is InChI=1S/C15H26N2O3/c1-10(2)12-15(19)17(8-4-5-9-20-3)13(11-6-7-11)14(18)16-12/h10-13H,4-9H2,1-3H3,(H,16,18). The fourth-order valence-electron chi connectivity index (χ4n) is 2.87. The average molecular weight is 282 g/mol. The summed E-state index contributed by atoms with van der Waals surface area (Å²) < 4.78 is 5.04. The number of carbonyl (C=O) groups excluding carboxylic acids is 2. The molecule has 1 saturated carbocycles. The van der Waals surface area contributed by atoms with Crippen LogP contribution in [0.4, 0.5) is 0 Å². The van der Waals surface area contributed by atoms with Gasteiger partial charge in [-0.1, -0.05) is 13.8 Å². The smallest absolute Gasteiger partial charge is 0.246 e. The Hall–Kier alpha value is -1.10. The van der Waals surface area contributed by atoms with Crippen LogP contribution in [0.5, 0.6) is 0 Å². The van der Waals surface area contributed by atoms with E-state index in [0.717, 1.165) is 25.7 Å². The molecule has 2 rings (SSSR count). The molecule has 0 radical (unpaired) electrons. The predicted octanol–water partition coefficient (Wildman–Crippen LogP) is 1.17. The van der Waals surface area contributed by atoms with Crippen molar-refractivity contribution in [1.82, 2.24) is 10.2 Å². The van der Waals surface area contributed by atoms with Gasteiger partial charge in [0.1, 0.15) is 12.1 Å². The van der Waals surface area contributed by atoms with Crippen LogP contribution in [-0.4, -0.2) is 49.1 Å². The minimum Gasteiger partial charge on any atom is -0.385 e. The highest BCUT2D eigenvalue weighted by atomic mass is 16.5. The second-order valence-corrected chi connectivity index (χ2v) is 6.24. The van der Waals surface area contributed by atoms with Crippen molar-refractivity contribution in [2.45, 2.75) is 51.6 Å². The Morgan fingerprint density at radius 3 is 2.55 bits per heavy atom. The van der Waals surface area contributed by atoms with Gasteiger partial charge >= 0.3 is 0 Å². The lowest BCUT2D eigenvalue weighted by atomic mass is 9.95. The molecule has 1 heterocycles. The van der Waals surface area contributed by atoms with E-state index >= 15 is 0 Å². The van der Waals surface area contributed by atoms with Crippen LogP contribution in [0.1, 0.15) is 39.5 Å². The van der Waals surface area contributed by atoms with E-state index in [1.165, 1.54) is 0 Å². The van der Waals surface area contributed by atoms with Crippen molar-refractivity contribution in [1.29, 1.82) is 0 Å². The fourth-order valence-corrected chi connectivity index (χ4v) is 2.87. The van der Waals surface area contributed by atoms with Gasteiger partial charge in [-0.05, 0) is 37.5 Å². The molecule has 1 aliphatic carbocycles. The summed E-state index contributed by atoms with van der Waals surface area (Å²) >= 11 is 0. The van der Waals surface area contributed by atoms with Gasteiger partial charge in [-0.2, -0.15) is 0 Å². The quantitative estimate of drug-likeness (QED) is 0.713. The third-order valence-electron chi connectivity index (χ3n) is 4.18. The van der Waals surface area contributed by atoms with Crippen molar-refractivity contribution < 1.29 is 14.3 Å². The van der Waals surface area contributed by atoms with Gasteiger partial charge in [0, 0.05) is 20.3 Å². The Morgan fingerprint density at radius 1 is 1.30 bits per heavy atom. The van der Waals surface area contributed by atoms with Crippen molar-refractivity contribution in [3.63, 3.8) is 0 Å². The number of ether oxygens (including phenoxy) is 1. The maximum absolute atomic E-state index is 12.6. The predicted molar refractivity (Wildman–Crippen MR) is 76.1 cm³/mol. The SMILES string of the molecule is COCCCCN1C(=O)C(C(C)C)NC(=O)C1C1CC1. The maximum Gasteiger partial charge on any atom is 0.246 e. The summed E-state index contributed by atoms with van der Waals surface area (Å²) in [7, 11) is 1.68. The third kappa shape index (κ3) is 3.32. The highest BCUT2D eigenvalue weighted by Gasteiger charge is 2.48. The first-order valence-corrected chi connectivity index (χ1v) is 7.66. The zero-order valence-electron chi connectivity index (χ0n) is 12.7. The highest BCUT2D eigenvalue weighted by molar-refractivity contribution is 5.97.